The van der Waals surface area contributed by atoms with Gasteiger partial charge in [-0.25, -0.2) is 22.0 Å². The minimum absolute atomic E-state index is 0.0747. The van der Waals surface area contributed by atoms with Gasteiger partial charge in [-0.1, -0.05) is 6.07 Å². The zero-order valence-corrected chi connectivity index (χ0v) is 12.9. The smallest absolute Gasteiger partial charge is 0.315 e. The molecule has 2 rings (SSSR count). The molecule has 2 atom stereocenters. The normalized spacial score (nSPS) is 21.3. The summed E-state index contributed by atoms with van der Waals surface area (Å²) in [6.07, 6.45) is 0.543. The van der Waals surface area contributed by atoms with Gasteiger partial charge in [0.25, 0.3) is 0 Å². The molecule has 8 heteroatoms. The zero-order chi connectivity index (χ0) is 16.3. The van der Waals surface area contributed by atoms with Gasteiger partial charge in [-0.3, -0.25) is 0 Å². The van der Waals surface area contributed by atoms with Crippen molar-refractivity contribution in [3.8, 4) is 0 Å². The van der Waals surface area contributed by atoms with Gasteiger partial charge in [-0.05, 0) is 37.0 Å². The first-order chi connectivity index (χ1) is 10.3. The largest absolute Gasteiger partial charge is 0.338 e. The molecule has 0 spiro atoms. The second-order valence-electron chi connectivity index (χ2n) is 5.52. The highest BCUT2D eigenvalue weighted by Gasteiger charge is 2.28. The van der Waals surface area contributed by atoms with Crippen LogP contribution in [-0.2, 0) is 9.84 Å². The van der Waals surface area contributed by atoms with Gasteiger partial charge in [-0.15, -0.1) is 0 Å². The van der Waals surface area contributed by atoms with Crippen LogP contribution in [-0.4, -0.2) is 32.5 Å². The van der Waals surface area contributed by atoms with Gasteiger partial charge in [0.15, 0.2) is 21.5 Å². The number of carbonyl (C=O) groups is 1. The molecular weight excluding hydrogens is 314 g/mol. The van der Waals surface area contributed by atoms with Gasteiger partial charge in [0, 0.05) is 6.54 Å². The predicted molar refractivity (Wildman–Crippen MR) is 78.1 cm³/mol. The first kappa shape index (κ1) is 16.7. The molecule has 0 radical (unpaired) electrons. The number of hydrogen-bond acceptors (Lipinski definition) is 3. The quantitative estimate of drug-likeness (QED) is 0.882. The first-order valence-electron chi connectivity index (χ1n) is 6.96. The Morgan fingerprint density at radius 3 is 2.68 bits per heavy atom. The summed E-state index contributed by atoms with van der Waals surface area (Å²) in [6.45, 7) is 1.92. The average Bonchev–Trinajstić information content (AvgIpc) is 2.79. The van der Waals surface area contributed by atoms with Crippen molar-refractivity contribution in [2.45, 2.75) is 19.4 Å². The van der Waals surface area contributed by atoms with Crippen LogP contribution in [0.25, 0.3) is 0 Å². The van der Waals surface area contributed by atoms with E-state index in [1.165, 1.54) is 6.07 Å². The molecule has 0 saturated carbocycles. The summed E-state index contributed by atoms with van der Waals surface area (Å²) in [5.74, 6) is -1.74. The van der Waals surface area contributed by atoms with Crippen LogP contribution in [0.1, 0.15) is 24.9 Å². The lowest BCUT2D eigenvalue weighted by Crippen LogP contribution is -2.39. The Morgan fingerprint density at radius 1 is 1.36 bits per heavy atom. The van der Waals surface area contributed by atoms with Gasteiger partial charge in [0.1, 0.15) is 0 Å². The SMILES string of the molecule is C[C@H](NC(=O)NC[C@@H]1CCS(=O)(=O)C1)c1ccc(F)c(F)c1. The van der Waals surface area contributed by atoms with Gasteiger partial charge in [-0.2, -0.15) is 0 Å². The molecule has 0 aromatic heterocycles. The van der Waals surface area contributed by atoms with E-state index in [0.717, 1.165) is 12.1 Å². The number of carbonyl (C=O) groups excluding carboxylic acids is 1. The zero-order valence-electron chi connectivity index (χ0n) is 12.1. The molecule has 2 N–H and O–H groups in total. The maximum Gasteiger partial charge on any atom is 0.315 e. The summed E-state index contributed by atoms with van der Waals surface area (Å²) in [7, 11) is -2.97. The van der Waals surface area contributed by atoms with Crippen molar-refractivity contribution in [2.75, 3.05) is 18.1 Å². The number of amides is 2. The fraction of sp³-hybridized carbons (Fsp3) is 0.500. The minimum atomic E-state index is -2.97. The predicted octanol–water partition coefficient (Wildman–Crippen LogP) is 1.76. The third-order valence-electron chi connectivity index (χ3n) is 3.67. The van der Waals surface area contributed by atoms with Crippen molar-refractivity contribution < 1.29 is 22.0 Å². The molecule has 1 saturated heterocycles. The van der Waals surface area contributed by atoms with Gasteiger partial charge in [0.2, 0.25) is 0 Å². The molecule has 1 fully saturated rings. The van der Waals surface area contributed by atoms with Crippen molar-refractivity contribution in [1.29, 1.82) is 0 Å². The van der Waals surface area contributed by atoms with E-state index in [1.54, 1.807) is 6.92 Å². The number of benzene rings is 1. The van der Waals surface area contributed by atoms with E-state index < -0.39 is 33.5 Å². The van der Waals surface area contributed by atoms with Crippen LogP contribution in [0.5, 0.6) is 0 Å². The van der Waals surface area contributed by atoms with E-state index in [9.17, 15) is 22.0 Å². The van der Waals surface area contributed by atoms with E-state index in [2.05, 4.69) is 10.6 Å². The summed E-state index contributed by atoms with van der Waals surface area (Å²) in [6, 6.07) is 2.46. The fourth-order valence-electron chi connectivity index (χ4n) is 2.38. The van der Waals surface area contributed by atoms with Crippen LogP contribution < -0.4 is 10.6 Å². The van der Waals surface area contributed by atoms with Crippen molar-refractivity contribution in [2.24, 2.45) is 5.92 Å². The van der Waals surface area contributed by atoms with Crippen molar-refractivity contribution >= 4 is 15.9 Å². The third-order valence-corrected chi connectivity index (χ3v) is 5.51. The van der Waals surface area contributed by atoms with E-state index in [-0.39, 0.29) is 24.0 Å². The number of urea groups is 1. The number of rotatable bonds is 4. The van der Waals surface area contributed by atoms with Gasteiger partial charge < -0.3 is 10.6 Å². The molecule has 1 aliphatic heterocycles. The molecule has 0 bridgehead atoms. The molecule has 2 amide bonds. The Kier molecular flexibility index (Phi) is 5.00. The molecule has 5 nitrogen and oxygen atoms in total. The van der Waals surface area contributed by atoms with Crippen LogP contribution in [0.4, 0.5) is 13.6 Å². The summed E-state index contributed by atoms with van der Waals surface area (Å²) >= 11 is 0. The highest BCUT2D eigenvalue weighted by Crippen LogP contribution is 2.18. The van der Waals surface area contributed by atoms with E-state index in [0.29, 0.717) is 12.0 Å². The molecule has 1 heterocycles. The number of hydrogen-bond donors (Lipinski definition) is 2. The molecule has 1 aromatic rings. The Balaban J connectivity index is 1.82. The maximum absolute atomic E-state index is 13.1. The Labute approximate surface area is 128 Å². The summed E-state index contributed by atoms with van der Waals surface area (Å²) in [5, 5.41) is 5.21. The summed E-state index contributed by atoms with van der Waals surface area (Å²) < 4.78 is 48.6. The Morgan fingerprint density at radius 2 is 2.09 bits per heavy atom. The molecule has 1 aromatic carbocycles. The molecule has 1 aliphatic rings. The number of halogens is 2. The van der Waals surface area contributed by atoms with Crippen LogP contribution in [0.3, 0.4) is 0 Å². The Hall–Kier alpha value is -1.70. The molecule has 122 valence electrons. The van der Waals surface area contributed by atoms with Crippen molar-refractivity contribution in [1.82, 2.24) is 10.6 Å². The average molecular weight is 332 g/mol. The summed E-state index contributed by atoms with van der Waals surface area (Å²) in [5.41, 5.74) is 0.442. The van der Waals surface area contributed by atoms with Gasteiger partial charge in [0.05, 0.1) is 17.5 Å². The van der Waals surface area contributed by atoms with Crippen LogP contribution in [0.2, 0.25) is 0 Å². The lowest BCUT2D eigenvalue weighted by molar-refractivity contribution is 0.236. The van der Waals surface area contributed by atoms with Gasteiger partial charge >= 0.3 is 6.03 Å². The first-order valence-corrected chi connectivity index (χ1v) is 8.79. The Bertz CT molecular complexity index is 664. The number of nitrogens with one attached hydrogen (secondary N) is 2. The van der Waals surface area contributed by atoms with Crippen LogP contribution in [0.15, 0.2) is 18.2 Å². The minimum Gasteiger partial charge on any atom is -0.338 e. The molecule has 0 aliphatic carbocycles. The van der Waals surface area contributed by atoms with E-state index >= 15 is 0 Å². The van der Waals surface area contributed by atoms with E-state index in [4.69, 9.17) is 0 Å². The second kappa shape index (κ2) is 6.60. The monoisotopic (exact) mass is 332 g/mol. The fourth-order valence-corrected chi connectivity index (χ4v) is 4.24. The van der Waals surface area contributed by atoms with E-state index in [1.807, 2.05) is 0 Å². The standard InChI is InChI=1S/C14H18F2N2O3S/c1-9(11-2-3-12(15)13(16)6-11)18-14(19)17-7-10-4-5-22(20,21)8-10/h2-3,6,9-10H,4-5,7-8H2,1H3,(H2,17,18,19)/t9-,10-/m0/s1. The molecular formula is C14H18F2N2O3S. The lowest BCUT2D eigenvalue weighted by Gasteiger charge is -2.16. The van der Waals surface area contributed by atoms with Crippen LogP contribution >= 0.6 is 0 Å². The molecule has 22 heavy (non-hydrogen) atoms. The van der Waals surface area contributed by atoms with Crippen molar-refractivity contribution in [3.63, 3.8) is 0 Å². The third kappa shape index (κ3) is 4.40. The summed E-state index contributed by atoms with van der Waals surface area (Å²) in [4.78, 5) is 11.8. The highest BCUT2D eigenvalue weighted by molar-refractivity contribution is 7.91. The topological polar surface area (TPSA) is 75.3 Å². The highest BCUT2D eigenvalue weighted by atomic mass is 32.2. The maximum atomic E-state index is 13.1. The number of sulfone groups is 1. The lowest BCUT2D eigenvalue weighted by atomic mass is 10.1. The molecule has 0 unspecified atom stereocenters. The van der Waals surface area contributed by atoms with Crippen molar-refractivity contribution in [3.05, 3.63) is 35.4 Å². The second-order valence-corrected chi connectivity index (χ2v) is 7.75. The van der Waals surface area contributed by atoms with Crippen LogP contribution in [0, 0.1) is 17.6 Å².